The molecule has 8 heteroatoms. The van der Waals surface area contributed by atoms with Gasteiger partial charge in [0.2, 0.25) is 0 Å². The van der Waals surface area contributed by atoms with Gasteiger partial charge in [-0.25, -0.2) is 9.97 Å². The zero-order valence-electron chi connectivity index (χ0n) is 21.0. The number of nitrogens with two attached hydrogens (primary N) is 1. The van der Waals surface area contributed by atoms with Gasteiger partial charge in [-0.1, -0.05) is 36.4 Å². The normalized spacial score (nSPS) is 17.5. The number of fused-ring (bicyclic) bond motifs is 1. The van der Waals surface area contributed by atoms with Gasteiger partial charge in [0.25, 0.3) is 5.91 Å². The van der Waals surface area contributed by atoms with Crippen LogP contribution in [0.5, 0.6) is 11.5 Å². The van der Waals surface area contributed by atoms with E-state index in [0.717, 1.165) is 59.3 Å². The van der Waals surface area contributed by atoms with Crippen LogP contribution in [0.4, 0.5) is 5.82 Å². The predicted molar refractivity (Wildman–Crippen MR) is 145 cm³/mol. The Labute approximate surface area is 221 Å². The third-order valence-electron chi connectivity index (χ3n) is 7.25. The van der Waals surface area contributed by atoms with Crippen molar-refractivity contribution in [2.75, 3.05) is 12.3 Å². The van der Waals surface area contributed by atoms with Crippen LogP contribution in [0.3, 0.4) is 0 Å². The summed E-state index contributed by atoms with van der Waals surface area (Å²) >= 11 is 0. The zero-order chi connectivity index (χ0) is 26.1. The van der Waals surface area contributed by atoms with Gasteiger partial charge >= 0.3 is 0 Å². The molecule has 6 rings (SSSR count). The summed E-state index contributed by atoms with van der Waals surface area (Å²) < 4.78 is 8.00. The van der Waals surface area contributed by atoms with Gasteiger partial charge in [-0.15, -0.1) is 0 Å². The number of benzene rings is 2. The van der Waals surface area contributed by atoms with Gasteiger partial charge in [-0.05, 0) is 61.4 Å². The Morgan fingerprint density at radius 2 is 1.84 bits per heavy atom. The first-order chi connectivity index (χ1) is 18.6. The number of likely N-dealkylation sites (tertiary alicyclic amines) is 1. The molecule has 2 N–H and O–H groups in total. The number of amides is 1. The molecule has 2 aromatic heterocycles. The first-order valence-electron chi connectivity index (χ1n) is 13.0. The molecule has 4 aromatic rings. The van der Waals surface area contributed by atoms with Crippen molar-refractivity contribution in [2.24, 2.45) is 5.92 Å². The highest BCUT2D eigenvalue weighted by molar-refractivity contribution is 6.01. The number of allylic oxidation sites excluding steroid dienone is 1. The Hall–Kier alpha value is -4.64. The van der Waals surface area contributed by atoms with E-state index in [1.165, 1.54) is 6.33 Å². The summed E-state index contributed by atoms with van der Waals surface area (Å²) in [6, 6.07) is 19.6. The number of hydrogen-bond donors (Lipinski definition) is 1. The standard InChI is InChI=1S/C30H28N6O2/c31-16-22(15-20-8-9-20)30(37)36-14-4-5-23(36)17-35-18-26(27-28(32)33-19-34-29(27)35)21-10-12-25(13-11-21)38-24-6-2-1-3-7-24/h1-3,6-7,10-13,15,18-20,23H,4-5,8-9,14,17H2,(H2,32,33,34)/t23-/m1/s1. The quantitative estimate of drug-likeness (QED) is 0.269. The van der Waals surface area contributed by atoms with Gasteiger partial charge in [0.15, 0.2) is 0 Å². The smallest absolute Gasteiger partial charge is 0.264 e. The minimum atomic E-state index is -0.165. The average molecular weight is 505 g/mol. The molecule has 0 unspecified atom stereocenters. The largest absolute Gasteiger partial charge is 0.457 e. The number of carbonyl (C=O) groups is 1. The first kappa shape index (κ1) is 23.7. The molecule has 0 spiro atoms. The molecule has 1 amide bonds. The molecule has 0 radical (unpaired) electrons. The maximum atomic E-state index is 13.2. The molecule has 2 aromatic carbocycles. The summed E-state index contributed by atoms with van der Waals surface area (Å²) in [5.74, 6) is 2.13. The van der Waals surface area contributed by atoms with Crippen LogP contribution in [0.25, 0.3) is 22.2 Å². The van der Waals surface area contributed by atoms with Gasteiger partial charge in [0.1, 0.15) is 40.9 Å². The molecule has 0 bridgehead atoms. The number of rotatable bonds is 7. The molecule has 1 aliphatic heterocycles. The van der Waals surface area contributed by atoms with Crippen LogP contribution in [0.15, 0.2) is 78.8 Å². The summed E-state index contributed by atoms with van der Waals surface area (Å²) in [5.41, 5.74) is 9.22. The van der Waals surface area contributed by atoms with Crippen LogP contribution in [-0.2, 0) is 11.3 Å². The topological polar surface area (TPSA) is 110 Å². The number of ether oxygens (including phenoxy) is 1. The van der Waals surface area contributed by atoms with Gasteiger partial charge in [-0.3, -0.25) is 4.79 Å². The third kappa shape index (κ3) is 4.71. The Kier molecular flexibility index (Phi) is 6.26. The van der Waals surface area contributed by atoms with Crippen LogP contribution in [0, 0.1) is 17.2 Å². The highest BCUT2D eigenvalue weighted by atomic mass is 16.5. The minimum absolute atomic E-state index is 0.0280. The number of nitrogens with zero attached hydrogens (tertiary/aromatic N) is 5. The maximum absolute atomic E-state index is 13.2. The summed E-state index contributed by atoms with van der Waals surface area (Å²) in [4.78, 5) is 23.9. The lowest BCUT2D eigenvalue weighted by atomic mass is 10.1. The summed E-state index contributed by atoms with van der Waals surface area (Å²) in [7, 11) is 0. The van der Waals surface area contributed by atoms with E-state index in [9.17, 15) is 10.1 Å². The van der Waals surface area contributed by atoms with E-state index >= 15 is 0 Å². The molecular formula is C30H28N6O2. The van der Waals surface area contributed by atoms with Gasteiger partial charge < -0.3 is 19.9 Å². The highest BCUT2D eigenvalue weighted by Gasteiger charge is 2.33. The highest BCUT2D eigenvalue weighted by Crippen LogP contribution is 2.35. The molecule has 1 atom stereocenters. The molecule has 1 saturated heterocycles. The predicted octanol–water partition coefficient (Wildman–Crippen LogP) is 5.32. The summed E-state index contributed by atoms with van der Waals surface area (Å²) in [5, 5.41) is 10.4. The monoisotopic (exact) mass is 504 g/mol. The van der Waals surface area contributed by atoms with Crippen LogP contribution in [0.1, 0.15) is 25.7 Å². The van der Waals surface area contributed by atoms with Crippen LogP contribution < -0.4 is 10.5 Å². The molecule has 2 fully saturated rings. The van der Waals surface area contributed by atoms with Crippen molar-refractivity contribution in [1.29, 1.82) is 5.26 Å². The summed E-state index contributed by atoms with van der Waals surface area (Å²) in [6.45, 7) is 1.22. The van der Waals surface area contributed by atoms with Crippen molar-refractivity contribution in [3.05, 3.63) is 78.8 Å². The number of carbonyl (C=O) groups excluding carboxylic acids is 1. The van der Waals surface area contributed by atoms with Crippen LogP contribution in [-0.4, -0.2) is 37.9 Å². The lowest BCUT2D eigenvalue weighted by Crippen LogP contribution is -2.38. The lowest BCUT2D eigenvalue weighted by Gasteiger charge is -2.25. The lowest BCUT2D eigenvalue weighted by molar-refractivity contribution is -0.127. The molecule has 190 valence electrons. The van der Waals surface area contributed by atoms with E-state index in [0.29, 0.717) is 24.8 Å². The minimum Gasteiger partial charge on any atom is -0.457 e. The Morgan fingerprint density at radius 3 is 2.58 bits per heavy atom. The van der Waals surface area contributed by atoms with Gasteiger partial charge in [0, 0.05) is 24.8 Å². The number of aromatic nitrogens is 3. The average Bonchev–Trinajstić information content (AvgIpc) is 3.52. The van der Waals surface area contributed by atoms with Crippen molar-refractivity contribution in [3.8, 4) is 28.7 Å². The molecule has 3 heterocycles. The molecule has 1 saturated carbocycles. The van der Waals surface area contributed by atoms with Crippen molar-refractivity contribution in [1.82, 2.24) is 19.4 Å². The number of hydrogen-bond acceptors (Lipinski definition) is 6. The molecule has 8 nitrogen and oxygen atoms in total. The molecular weight excluding hydrogens is 476 g/mol. The molecule has 1 aliphatic carbocycles. The Morgan fingerprint density at radius 1 is 1.08 bits per heavy atom. The number of anilines is 1. The molecule has 38 heavy (non-hydrogen) atoms. The second kappa shape index (κ2) is 10.0. The second-order valence-electron chi connectivity index (χ2n) is 9.92. The zero-order valence-corrected chi connectivity index (χ0v) is 21.0. The third-order valence-corrected chi connectivity index (χ3v) is 7.25. The fourth-order valence-electron chi connectivity index (χ4n) is 5.16. The maximum Gasteiger partial charge on any atom is 0.264 e. The molecule has 2 aliphatic rings. The SMILES string of the molecule is N#CC(=CC1CC1)C(=O)N1CCC[C@@H]1Cn1cc(-c2ccc(Oc3ccccc3)cc2)c2c(N)ncnc21. The number of nitrogen functional groups attached to an aromatic ring is 1. The van der Waals surface area contributed by atoms with Crippen molar-refractivity contribution in [3.63, 3.8) is 0 Å². The van der Waals surface area contributed by atoms with E-state index in [2.05, 4.69) is 20.6 Å². The first-order valence-corrected chi connectivity index (χ1v) is 13.0. The van der Waals surface area contributed by atoms with E-state index in [-0.39, 0.29) is 17.5 Å². The Bertz CT molecular complexity index is 1550. The van der Waals surface area contributed by atoms with Crippen molar-refractivity contribution in [2.45, 2.75) is 38.3 Å². The van der Waals surface area contributed by atoms with E-state index in [4.69, 9.17) is 10.5 Å². The fourth-order valence-corrected chi connectivity index (χ4v) is 5.16. The van der Waals surface area contributed by atoms with E-state index < -0.39 is 0 Å². The number of nitriles is 1. The van der Waals surface area contributed by atoms with Crippen LogP contribution in [0.2, 0.25) is 0 Å². The van der Waals surface area contributed by atoms with Crippen molar-refractivity contribution >= 4 is 22.8 Å². The second-order valence-corrected chi connectivity index (χ2v) is 9.92. The number of para-hydroxylation sites is 1. The van der Waals surface area contributed by atoms with Crippen LogP contribution >= 0.6 is 0 Å². The van der Waals surface area contributed by atoms with Gasteiger partial charge in [0.05, 0.1) is 11.4 Å². The van der Waals surface area contributed by atoms with E-state index in [1.807, 2.05) is 71.8 Å². The summed E-state index contributed by atoms with van der Waals surface area (Å²) in [6.07, 6.45) is 9.24. The Balaban J connectivity index is 1.29. The fraction of sp³-hybridized carbons (Fsp3) is 0.267. The van der Waals surface area contributed by atoms with E-state index in [1.54, 1.807) is 0 Å². The van der Waals surface area contributed by atoms with Gasteiger partial charge in [-0.2, -0.15) is 5.26 Å². The van der Waals surface area contributed by atoms with Crippen molar-refractivity contribution < 1.29 is 9.53 Å².